The van der Waals surface area contributed by atoms with E-state index in [0.29, 0.717) is 23.0 Å². The van der Waals surface area contributed by atoms with Crippen molar-refractivity contribution in [3.8, 4) is 17.2 Å². The van der Waals surface area contributed by atoms with Gasteiger partial charge in [0.2, 0.25) is 12.5 Å². The van der Waals surface area contributed by atoms with Crippen LogP contribution >= 0.6 is 0 Å². The van der Waals surface area contributed by atoms with E-state index >= 15 is 0 Å². The Labute approximate surface area is 210 Å². The molecule has 1 N–H and O–H groups in total. The van der Waals surface area contributed by atoms with Gasteiger partial charge < -0.3 is 24.1 Å². The van der Waals surface area contributed by atoms with E-state index in [4.69, 9.17) is 14.2 Å². The van der Waals surface area contributed by atoms with E-state index < -0.39 is 0 Å². The summed E-state index contributed by atoms with van der Waals surface area (Å²) in [4.78, 5) is 19.4. The zero-order valence-electron chi connectivity index (χ0n) is 20.9. The molecule has 0 fully saturated rings. The molecule has 3 aromatic rings. The van der Waals surface area contributed by atoms with Crippen LogP contribution in [0.15, 0.2) is 36.7 Å². The van der Waals surface area contributed by atoms with Crippen LogP contribution in [0.1, 0.15) is 53.9 Å². The molecule has 190 valence electrons. The lowest BCUT2D eigenvalue weighted by molar-refractivity contribution is 0.0928. The Bertz CT molecular complexity index is 1210. The molecule has 4 heterocycles. The second-order valence-electron chi connectivity index (χ2n) is 9.58. The van der Waals surface area contributed by atoms with Crippen LogP contribution in [0.3, 0.4) is 0 Å². The fraction of sp³-hybridized carbons (Fsp3) is 0.462. The van der Waals surface area contributed by atoms with Gasteiger partial charge in [0.05, 0.1) is 18.7 Å². The lowest BCUT2D eigenvalue weighted by Gasteiger charge is -2.22. The monoisotopic (exact) mass is 492 g/mol. The molecule has 0 saturated carbocycles. The molecular weight excluding hydrogens is 460 g/mol. The molecule has 0 aliphatic carbocycles. The van der Waals surface area contributed by atoms with Crippen LogP contribution in [-0.4, -0.2) is 57.5 Å². The summed E-state index contributed by atoms with van der Waals surface area (Å²) in [5, 5.41) is 12.2. The van der Waals surface area contributed by atoms with Crippen molar-refractivity contribution in [1.82, 2.24) is 30.0 Å². The van der Waals surface area contributed by atoms with Gasteiger partial charge in [-0.25, -0.2) is 0 Å². The highest BCUT2D eigenvalue weighted by Crippen LogP contribution is 2.42. The third-order valence-corrected chi connectivity index (χ3v) is 6.52. The Hall–Kier alpha value is -3.66. The normalized spacial score (nSPS) is 15.9. The van der Waals surface area contributed by atoms with Crippen LogP contribution in [0, 0.1) is 5.92 Å². The number of pyridine rings is 1. The maximum absolute atomic E-state index is 12.9. The van der Waals surface area contributed by atoms with Gasteiger partial charge in [-0.05, 0) is 42.2 Å². The predicted octanol–water partition coefficient (Wildman–Crippen LogP) is 2.99. The lowest BCUT2D eigenvalue weighted by atomic mass is 10.0. The van der Waals surface area contributed by atoms with E-state index in [0.717, 1.165) is 62.0 Å². The molecule has 2 aliphatic heterocycles. The number of nitrogens with one attached hydrogen (secondary N) is 1. The average molecular weight is 493 g/mol. The summed E-state index contributed by atoms with van der Waals surface area (Å²) in [6.45, 7) is 7.69. The largest absolute Gasteiger partial charge is 0.493 e. The molecule has 10 nitrogen and oxygen atoms in total. The first-order valence-electron chi connectivity index (χ1n) is 12.3. The summed E-state index contributed by atoms with van der Waals surface area (Å²) in [6.07, 6.45) is 4.78. The Morgan fingerprint density at radius 1 is 1.19 bits per heavy atom. The van der Waals surface area contributed by atoms with E-state index in [9.17, 15) is 4.79 Å². The first-order valence-corrected chi connectivity index (χ1v) is 12.3. The number of fused-ring (bicyclic) bond motifs is 2. The number of hydrogen-bond acceptors (Lipinski definition) is 8. The van der Waals surface area contributed by atoms with Gasteiger partial charge in [0, 0.05) is 45.0 Å². The Balaban J connectivity index is 1.31. The van der Waals surface area contributed by atoms with Gasteiger partial charge >= 0.3 is 0 Å². The maximum Gasteiger partial charge on any atom is 0.253 e. The first kappa shape index (κ1) is 24.1. The Morgan fingerprint density at radius 2 is 2.08 bits per heavy atom. The highest BCUT2D eigenvalue weighted by molar-refractivity contribution is 5.94. The number of ether oxygens (including phenoxy) is 3. The number of benzene rings is 1. The molecule has 1 aromatic carbocycles. The minimum atomic E-state index is -0.233. The van der Waals surface area contributed by atoms with Crippen LogP contribution in [-0.2, 0) is 19.5 Å². The van der Waals surface area contributed by atoms with E-state index in [1.807, 2.05) is 12.1 Å². The highest BCUT2D eigenvalue weighted by atomic mass is 16.7. The molecule has 0 spiro atoms. The number of carbonyl (C=O) groups excluding carboxylic acids is 1. The summed E-state index contributed by atoms with van der Waals surface area (Å²) in [7, 11) is 1.64. The van der Waals surface area contributed by atoms with Gasteiger partial charge in [0.1, 0.15) is 5.82 Å². The van der Waals surface area contributed by atoms with Gasteiger partial charge in [-0.3, -0.25) is 14.7 Å². The second-order valence-corrected chi connectivity index (χ2v) is 9.58. The molecule has 2 aromatic heterocycles. The number of rotatable bonds is 8. The van der Waals surface area contributed by atoms with Crippen molar-refractivity contribution in [2.45, 2.75) is 45.8 Å². The Morgan fingerprint density at radius 3 is 2.86 bits per heavy atom. The molecule has 2 aliphatic rings. The third kappa shape index (κ3) is 5.13. The van der Waals surface area contributed by atoms with Crippen LogP contribution in [0.2, 0.25) is 0 Å². The molecule has 0 bridgehead atoms. The molecule has 1 atom stereocenters. The van der Waals surface area contributed by atoms with E-state index in [1.54, 1.807) is 31.6 Å². The van der Waals surface area contributed by atoms with Gasteiger partial charge in [-0.15, -0.1) is 10.2 Å². The maximum atomic E-state index is 12.9. The minimum absolute atomic E-state index is 0.155. The van der Waals surface area contributed by atoms with E-state index in [2.05, 4.69) is 43.8 Å². The molecular formula is C26H32N6O4. The summed E-state index contributed by atoms with van der Waals surface area (Å²) < 4.78 is 18.8. The summed E-state index contributed by atoms with van der Waals surface area (Å²) in [6, 6.07) is 7.33. The van der Waals surface area contributed by atoms with Crippen LogP contribution in [0.25, 0.3) is 0 Å². The molecule has 0 radical (unpaired) electrons. The summed E-state index contributed by atoms with van der Waals surface area (Å²) in [5.41, 5.74) is 1.64. The van der Waals surface area contributed by atoms with Gasteiger partial charge in [0.15, 0.2) is 17.3 Å². The first-order chi connectivity index (χ1) is 17.5. The lowest BCUT2D eigenvalue weighted by Crippen LogP contribution is -2.32. The smallest absolute Gasteiger partial charge is 0.253 e. The van der Waals surface area contributed by atoms with Crippen molar-refractivity contribution in [2.75, 3.05) is 27.0 Å². The molecule has 0 unspecified atom stereocenters. The SMILES string of the molecule is COc1cc(CN2CCc3nnc([C@@H](CC(C)C)NC(=O)c4cccnc4)n3CC2)cc2c1OCO2. The van der Waals surface area contributed by atoms with Crippen molar-refractivity contribution in [2.24, 2.45) is 5.92 Å². The summed E-state index contributed by atoms with van der Waals surface area (Å²) in [5.74, 6) is 4.05. The number of methoxy groups -OCH3 is 1. The van der Waals surface area contributed by atoms with Crippen molar-refractivity contribution in [1.29, 1.82) is 0 Å². The zero-order chi connectivity index (χ0) is 25.1. The van der Waals surface area contributed by atoms with Crippen LogP contribution < -0.4 is 19.5 Å². The quantitative estimate of drug-likeness (QED) is 0.512. The number of nitrogens with zero attached hydrogens (tertiary/aromatic N) is 5. The summed E-state index contributed by atoms with van der Waals surface area (Å²) >= 11 is 0. The fourth-order valence-electron chi connectivity index (χ4n) is 4.78. The van der Waals surface area contributed by atoms with Crippen molar-refractivity contribution in [3.05, 3.63) is 59.4 Å². The molecule has 36 heavy (non-hydrogen) atoms. The van der Waals surface area contributed by atoms with Gasteiger partial charge in [-0.1, -0.05) is 13.8 Å². The number of hydrogen-bond donors (Lipinski definition) is 1. The molecule has 10 heteroatoms. The predicted molar refractivity (Wildman–Crippen MR) is 132 cm³/mol. The topological polar surface area (TPSA) is 104 Å². The second kappa shape index (κ2) is 10.5. The highest BCUT2D eigenvalue weighted by Gasteiger charge is 2.27. The van der Waals surface area contributed by atoms with Crippen LogP contribution in [0.4, 0.5) is 0 Å². The minimum Gasteiger partial charge on any atom is -0.493 e. The van der Waals surface area contributed by atoms with E-state index in [1.165, 1.54) is 0 Å². The standard InChI is InChI=1S/C26H32N6O4/c1-17(2)11-20(28-26(33)19-5-4-7-27-14-19)25-30-29-23-6-8-31(9-10-32(23)25)15-18-12-21(34-3)24-22(13-18)35-16-36-24/h4-5,7,12-14,17,20H,6,8-11,15-16H2,1-3H3,(H,28,33)/t20-/m1/s1. The molecule has 1 amide bonds. The van der Waals surface area contributed by atoms with Gasteiger partial charge in [-0.2, -0.15) is 0 Å². The molecule has 5 rings (SSSR count). The van der Waals surface area contributed by atoms with E-state index in [-0.39, 0.29) is 18.7 Å². The third-order valence-electron chi connectivity index (χ3n) is 6.52. The number of amides is 1. The number of aromatic nitrogens is 4. The fourth-order valence-corrected chi connectivity index (χ4v) is 4.78. The average Bonchev–Trinajstić information content (AvgIpc) is 3.47. The zero-order valence-corrected chi connectivity index (χ0v) is 20.9. The van der Waals surface area contributed by atoms with Crippen molar-refractivity contribution >= 4 is 5.91 Å². The molecule has 0 saturated heterocycles. The van der Waals surface area contributed by atoms with Crippen molar-refractivity contribution in [3.63, 3.8) is 0 Å². The Kier molecular flexibility index (Phi) is 7.04. The number of carbonyl (C=O) groups is 1. The van der Waals surface area contributed by atoms with Gasteiger partial charge in [0.25, 0.3) is 5.91 Å². The van der Waals surface area contributed by atoms with Crippen molar-refractivity contribution < 1.29 is 19.0 Å². The van der Waals surface area contributed by atoms with Crippen LogP contribution in [0.5, 0.6) is 17.2 Å².